The number of carbonyl (C=O) groups is 1. The Morgan fingerprint density at radius 1 is 1.20 bits per heavy atom. The zero-order valence-electron chi connectivity index (χ0n) is 11.3. The van der Waals surface area contributed by atoms with Gasteiger partial charge in [0.05, 0.1) is 6.42 Å². The summed E-state index contributed by atoms with van der Waals surface area (Å²) in [4.78, 5) is 14.6. The van der Waals surface area contributed by atoms with Gasteiger partial charge in [0.1, 0.15) is 0 Å². The van der Waals surface area contributed by atoms with Crippen molar-refractivity contribution in [2.75, 3.05) is 4.90 Å². The van der Waals surface area contributed by atoms with Crippen molar-refractivity contribution in [2.24, 2.45) is 0 Å². The first-order valence-electron chi connectivity index (χ1n) is 6.80. The third kappa shape index (κ3) is 2.38. The molecular weight excluding hydrogens is 314 g/mol. The Labute approximate surface area is 127 Å². The molecule has 0 saturated heterocycles. The number of fused-ring (bicyclic) bond motifs is 1. The van der Waals surface area contributed by atoms with Crippen LogP contribution >= 0.6 is 15.9 Å². The van der Waals surface area contributed by atoms with Gasteiger partial charge in [-0.15, -0.1) is 0 Å². The van der Waals surface area contributed by atoms with Gasteiger partial charge in [-0.1, -0.05) is 52.3 Å². The fourth-order valence-electron chi connectivity index (χ4n) is 2.84. The Morgan fingerprint density at radius 2 is 1.90 bits per heavy atom. The van der Waals surface area contributed by atoms with Crippen molar-refractivity contribution in [3.8, 4) is 0 Å². The summed E-state index contributed by atoms with van der Waals surface area (Å²) < 4.78 is 0.994. The van der Waals surface area contributed by atoms with Crippen LogP contribution in [-0.4, -0.2) is 11.9 Å². The van der Waals surface area contributed by atoms with Crippen LogP contribution in [0.1, 0.15) is 18.1 Å². The summed E-state index contributed by atoms with van der Waals surface area (Å²) in [6.07, 6.45) is 1.37. The summed E-state index contributed by atoms with van der Waals surface area (Å²) in [5.74, 6) is 0.161. The number of para-hydroxylation sites is 1. The van der Waals surface area contributed by atoms with E-state index in [9.17, 15) is 4.79 Å². The number of halogens is 1. The molecule has 0 fully saturated rings. The van der Waals surface area contributed by atoms with Gasteiger partial charge in [0, 0.05) is 16.2 Å². The average molecular weight is 330 g/mol. The molecule has 0 bridgehead atoms. The molecule has 0 aliphatic carbocycles. The average Bonchev–Trinajstić information content (AvgIpc) is 2.77. The number of anilines is 1. The van der Waals surface area contributed by atoms with Gasteiger partial charge < -0.3 is 4.90 Å². The molecule has 2 aromatic carbocycles. The van der Waals surface area contributed by atoms with E-state index in [4.69, 9.17) is 0 Å². The molecule has 1 amide bonds. The number of benzene rings is 2. The lowest BCUT2D eigenvalue weighted by atomic mass is 10.1. The largest absolute Gasteiger partial charge is 0.309 e. The Bertz CT molecular complexity index is 653. The molecule has 0 saturated carbocycles. The molecule has 0 aromatic heterocycles. The maximum Gasteiger partial charge on any atom is 0.231 e. The van der Waals surface area contributed by atoms with E-state index in [1.165, 1.54) is 5.56 Å². The van der Waals surface area contributed by atoms with Gasteiger partial charge in [-0.05, 0) is 36.6 Å². The predicted molar refractivity (Wildman–Crippen MR) is 84.9 cm³/mol. The summed E-state index contributed by atoms with van der Waals surface area (Å²) in [6, 6.07) is 16.3. The van der Waals surface area contributed by atoms with E-state index < -0.39 is 0 Å². The summed E-state index contributed by atoms with van der Waals surface area (Å²) in [6.45, 7) is 2.11. The zero-order valence-corrected chi connectivity index (χ0v) is 12.9. The molecule has 0 radical (unpaired) electrons. The Hall–Kier alpha value is -1.61. The lowest BCUT2D eigenvalue weighted by Gasteiger charge is -2.23. The first-order chi connectivity index (χ1) is 9.66. The smallest absolute Gasteiger partial charge is 0.231 e. The molecule has 2 nitrogen and oxygen atoms in total. The second-order valence-electron chi connectivity index (χ2n) is 5.21. The van der Waals surface area contributed by atoms with Crippen LogP contribution in [0.25, 0.3) is 0 Å². The second-order valence-corrected chi connectivity index (χ2v) is 6.07. The fourth-order valence-corrected chi connectivity index (χ4v) is 3.26. The minimum atomic E-state index is 0.161. The van der Waals surface area contributed by atoms with Gasteiger partial charge in [-0.3, -0.25) is 4.79 Å². The quantitative estimate of drug-likeness (QED) is 0.816. The Morgan fingerprint density at radius 3 is 2.70 bits per heavy atom. The highest BCUT2D eigenvalue weighted by Gasteiger charge is 2.30. The van der Waals surface area contributed by atoms with Crippen molar-refractivity contribution in [1.82, 2.24) is 0 Å². The molecule has 3 rings (SSSR count). The summed E-state index contributed by atoms with van der Waals surface area (Å²) >= 11 is 3.51. The van der Waals surface area contributed by atoms with Crippen LogP contribution in [0.4, 0.5) is 5.69 Å². The van der Waals surface area contributed by atoms with Gasteiger partial charge in [0.2, 0.25) is 5.91 Å². The predicted octanol–water partition coefficient (Wildman–Crippen LogP) is 3.97. The summed E-state index contributed by atoms with van der Waals surface area (Å²) in [5.41, 5.74) is 3.37. The van der Waals surface area contributed by atoms with Crippen LogP contribution in [0.5, 0.6) is 0 Å². The van der Waals surface area contributed by atoms with E-state index in [0.717, 1.165) is 22.1 Å². The van der Waals surface area contributed by atoms with Gasteiger partial charge in [0.25, 0.3) is 0 Å². The number of carbonyl (C=O) groups excluding carboxylic acids is 1. The summed E-state index contributed by atoms with van der Waals surface area (Å²) in [5, 5.41) is 0. The maximum absolute atomic E-state index is 12.6. The third-order valence-corrected chi connectivity index (χ3v) is 4.55. The molecule has 0 spiro atoms. The monoisotopic (exact) mass is 329 g/mol. The number of amides is 1. The number of rotatable bonds is 2. The molecular formula is C17H16BrNO. The first kappa shape index (κ1) is 13.4. The van der Waals surface area contributed by atoms with Crippen molar-refractivity contribution in [2.45, 2.75) is 25.8 Å². The van der Waals surface area contributed by atoms with Crippen LogP contribution < -0.4 is 4.90 Å². The zero-order chi connectivity index (χ0) is 14.1. The topological polar surface area (TPSA) is 20.3 Å². The minimum absolute atomic E-state index is 0.161. The van der Waals surface area contributed by atoms with Crippen molar-refractivity contribution in [1.29, 1.82) is 0 Å². The SMILES string of the molecule is CC1Cc2ccccc2N1C(=O)Cc1ccccc1Br. The Kier molecular flexibility index (Phi) is 3.62. The van der Waals surface area contributed by atoms with Crippen LogP contribution in [0, 0.1) is 0 Å². The molecule has 1 aliphatic heterocycles. The molecule has 1 unspecified atom stereocenters. The molecule has 20 heavy (non-hydrogen) atoms. The normalized spacial score (nSPS) is 17.1. The van der Waals surface area contributed by atoms with E-state index in [0.29, 0.717) is 6.42 Å². The fraction of sp³-hybridized carbons (Fsp3) is 0.235. The standard InChI is InChI=1S/C17H16BrNO/c1-12-10-14-7-3-5-9-16(14)19(12)17(20)11-13-6-2-4-8-15(13)18/h2-9,12H,10-11H2,1H3. The second kappa shape index (κ2) is 5.41. The van der Waals surface area contributed by atoms with Crippen LogP contribution in [0.3, 0.4) is 0 Å². The van der Waals surface area contributed by atoms with Crippen molar-refractivity contribution >= 4 is 27.5 Å². The third-order valence-electron chi connectivity index (χ3n) is 3.78. The lowest BCUT2D eigenvalue weighted by molar-refractivity contribution is -0.118. The van der Waals surface area contributed by atoms with E-state index in [-0.39, 0.29) is 11.9 Å². The minimum Gasteiger partial charge on any atom is -0.309 e. The van der Waals surface area contributed by atoms with Crippen LogP contribution in [-0.2, 0) is 17.6 Å². The van der Waals surface area contributed by atoms with Gasteiger partial charge in [0.15, 0.2) is 0 Å². The van der Waals surface area contributed by atoms with Crippen molar-refractivity contribution < 1.29 is 4.79 Å². The highest BCUT2D eigenvalue weighted by molar-refractivity contribution is 9.10. The lowest BCUT2D eigenvalue weighted by Crippen LogP contribution is -2.36. The van der Waals surface area contributed by atoms with Crippen molar-refractivity contribution in [3.63, 3.8) is 0 Å². The van der Waals surface area contributed by atoms with Gasteiger partial charge in [-0.25, -0.2) is 0 Å². The molecule has 1 atom stereocenters. The highest BCUT2D eigenvalue weighted by Crippen LogP contribution is 2.32. The number of nitrogens with zero attached hydrogens (tertiary/aromatic N) is 1. The number of hydrogen-bond acceptors (Lipinski definition) is 1. The van der Waals surface area contributed by atoms with E-state index in [1.807, 2.05) is 47.4 Å². The van der Waals surface area contributed by atoms with Gasteiger partial charge in [-0.2, -0.15) is 0 Å². The van der Waals surface area contributed by atoms with E-state index in [2.05, 4.69) is 28.9 Å². The molecule has 0 N–H and O–H groups in total. The van der Waals surface area contributed by atoms with E-state index >= 15 is 0 Å². The van der Waals surface area contributed by atoms with Crippen LogP contribution in [0.15, 0.2) is 53.0 Å². The van der Waals surface area contributed by atoms with E-state index in [1.54, 1.807) is 0 Å². The maximum atomic E-state index is 12.6. The Balaban J connectivity index is 1.86. The molecule has 1 heterocycles. The molecule has 2 aromatic rings. The molecule has 1 aliphatic rings. The number of hydrogen-bond donors (Lipinski definition) is 0. The van der Waals surface area contributed by atoms with Gasteiger partial charge >= 0.3 is 0 Å². The highest BCUT2D eigenvalue weighted by atomic mass is 79.9. The molecule has 102 valence electrons. The molecule has 3 heteroatoms. The first-order valence-corrected chi connectivity index (χ1v) is 7.59. The van der Waals surface area contributed by atoms with Crippen molar-refractivity contribution in [3.05, 3.63) is 64.1 Å². The summed E-state index contributed by atoms with van der Waals surface area (Å²) in [7, 11) is 0. The van der Waals surface area contributed by atoms with Crippen LogP contribution in [0.2, 0.25) is 0 Å².